The standard InChI is InChI=1S/C18H18F2N4O2/c1-3-5-22-18(25)15-16(21)24-6-4-13(20)14(17(24)23-15)10-7-11(19)9-12(8-10)26-2/h4,6-9H,3,5,21H2,1-2H3,(H,22,25). The summed E-state index contributed by atoms with van der Waals surface area (Å²) in [7, 11) is 1.39. The summed E-state index contributed by atoms with van der Waals surface area (Å²) < 4.78 is 34.9. The van der Waals surface area contributed by atoms with E-state index in [1.807, 2.05) is 6.92 Å². The minimum Gasteiger partial charge on any atom is -0.497 e. The van der Waals surface area contributed by atoms with E-state index in [1.165, 1.54) is 42.0 Å². The molecule has 1 amide bonds. The monoisotopic (exact) mass is 360 g/mol. The number of carbonyl (C=O) groups excluding carboxylic acids is 1. The summed E-state index contributed by atoms with van der Waals surface area (Å²) in [6.07, 6.45) is 2.13. The van der Waals surface area contributed by atoms with E-state index in [1.54, 1.807) is 0 Å². The zero-order valence-corrected chi connectivity index (χ0v) is 14.3. The lowest BCUT2D eigenvalue weighted by Gasteiger charge is -2.08. The average molecular weight is 360 g/mol. The van der Waals surface area contributed by atoms with Crippen molar-refractivity contribution >= 4 is 17.4 Å². The van der Waals surface area contributed by atoms with E-state index in [9.17, 15) is 13.6 Å². The molecule has 0 saturated heterocycles. The first-order valence-electron chi connectivity index (χ1n) is 8.05. The number of methoxy groups -OCH3 is 1. The lowest BCUT2D eigenvalue weighted by molar-refractivity contribution is 0.0950. The van der Waals surface area contributed by atoms with Crippen molar-refractivity contribution in [2.24, 2.45) is 0 Å². The Morgan fingerprint density at radius 3 is 2.81 bits per heavy atom. The molecule has 1 aromatic carbocycles. The number of nitrogens with zero attached hydrogens (tertiary/aromatic N) is 2. The van der Waals surface area contributed by atoms with Gasteiger partial charge in [0.1, 0.15) is 28.8 Å². The Balaban J connectivity index is 2.21. The van der Waals surface area contributed by atoms with Gasteiger partial charge in [-0.2, -0.15) is 0 Å². The number of halogens is 2. The van der Waals surface area contributed by atoms with Crippen LogP contribution in [0, 0.1) is 11.6 Å². The molecule has 0 aliphatic heterocycles. The smallest absolute Gasteiger partial charge is 0.273 e. The molecular formula is C18H18F2N4O2. The van der Waals surface area contributed by atoms with Crippen molar-refractivity contribution < 1.29 is 18.3 Å². The first-order chi connectivity index (χ1) is 12.5. The van der Waals surface area contributed by atoms with Crippen LogP contribution in [-0.2, 0) is 0 Å². The minimum absolute atomic E-state index is 0.00586. The van der Waals surface area contributed by atoms with Crippen LogP contribution in [0.2, 0.25) is 0 Å². The van der Waals surface area contributed by atoms with Gasteiger partial charge < -0.3 is 15.8 Å². The number of nitrogens with two attached hydrogens (primary N) is 1. The number of nitrogen functional groups attached to an aromatic ring is 1. The second kappa shape index (κ2) is 6.99. The van der Waals surface area contributed by atoms with Crippen molar-refractivity contribution in [3.05, 3.63) is 47.8 Å². The number of fused-ring (bicyclic) bond motifs is 1. The molecule has 26 heavy (non-hydrogen) atoms. The normalized spacial score (nSPS) is 10.9. The molecule has 0 aliphatic carbocycles. The van der Waals surface area contributed by atoms with Crippen LogP contribution in [0.5, 0.6) is 5.75 Å². The summed E-state index contributed by atoms with van der Waals surface area (Å²) in [6, 6.07) is 5.03. The highest BCUT2D eigenvalue weighted by Gasteiger charge is 2.21. The number of carbonyl (C=O) groups is 1. The van der Waals surface area contributed by atoms with Crippen molar-refractivity contribution in [3.63, 3.8) is 0 Å². The Labute approximate surface area is 148 Å². The molecule has 3 N–H and O–H groups in total. The highest BCUT2D eigenvalue weighted by atomic mass is 19.1. The molecule has 3 aromatic rings. The Bertz CT molecular complexity index is 985. The first kappa shape index (κ1) is 17.7. The summed E-state index contributed by atoms with van der Waals surface area (Å²) in [5.41, 5.74) is 6.39. The number of hydrogen-bond donors (Lipinski definition) is 2. The summed E-state index contributed by atoms with van der Waals surface area (Å²) in [5.74, 6) is -1.33. The quantitative estimate of drug-likeness (QED) is 0.733. The number of imidazole rings is 1. The molecule has 6 nitrogen and oxygen atoms in total. The Kier molecular flexibility index (Phi) is 4.75. The van der Waals surface area contributed by atoms with Gasteiger partial charge in [-0.3, -0.25) is 9.20 Å². The molecular weight excluding hydrogens is 342 g/mol. The number of pyridine rings is 1. The van der Waals surface area contributed by atoms with Gasteiger partial charge in [0, 0.05) is 18.8 Å². The summed E-state index contributed by atoms with van der Waals surface area (Å²) in [6.45, 7) is 2.38. The highest BCUT2D eigenvalue weighted by Crippen LogP contribution is 2.32. The van der Waals surface area contributed by atoms with Crippen molar-refractivity contribution in [3.8, 4) is 16.9 Å². The van der Waals surface area contributed by atoms with Crippen LogP contribution in [0.3, 0.4) is 0 Å². The minimum atomic E-state index is -0.615. The van der Waals surface area contributed by atoms with E-state index in [4.69, 9.17) is 10.5 Å². The van der Waals surface area contributed by atoms with Crippen molar-refractivity contribution in [2.75, 3.05) is 19.4 Å². The van der Waals surface area contributed by atoms with Crippen LogP contribution in [-0.4, -0.2) is 28.9 Å². The van der Waals surface area contributed by atoms with Crippen molar-refractivity contribution in [1.82, 2.24) is 14.7 Å². The van der Waals surface area contributed by atoms with E-state index < -0.39 is 17.5 Å². The number of anilines is 1. The number of rotatable bonds is 5. The largest absolute Gasteiger partial charge is 0.497 e. The van der Waals surface area contributed by atoms with Crippen LogP contribution in [0.25, 0.3) is 16.8 Å². The molecule has 0 spiro atoms. The molecule has 0 unspecified atom stereocenters. The van der Waals surface area contributed by atoms with Gasteiger partial charge in [0.2, 0.25) is 0 Å². The maximum atomic E-state index is 14.6. The molecule has 0 aliphatic rings. The van der Waals surface area contributed by atoms with Gasteiger partial charge in [-0.15, -0.1) is 0 Å². The average Bonchev–Trinajstić information content (AvgIpc) is 2.95. The number of hydrogen-bond acceptors (Lipinski definition) is 4. The molecule has 2 heterocycles. The second-order valence-corrected chi connectivity index (χ2v) is 5.71. The fraction of sp³-hybridized carbons (Fsp3) is 0.222. The van der Waals surface area contributed by atoms with Gasteiger partial charge >= 0.3 is 0 Å². The third-order valence-electron chi connectivity index (χ3n) is 3.93. The van der Waals surface area contributed by atoms with Gasteiger partial charge in [-0.25, -0.2) is 13.8 Å². The molecule has 2 aromatic heterocycles. The maximum absolute atomic E-state index is 14.6. The third kappa shape index (κ3) is 3.05. The van der Waals surface area contributed by atoms with Crippen LogP contribution >= 0.6 is 0 Å². The number of amides is 1. The molecule has 0 bridgehead atoms. The zero-order chi connectivity index (χ0) is 18.8. The fourth-order valence-electron chi connectivity index (χ4n) is 2.68. The van der Waals surface area contributed by atoms with Crippen LogP contribution in [0.4, 0.5) is 14.6 Å². The molecule has 0 atom stereocenters. The van der Waals surface area contributed by atoms with Gasteiger partial charge in [0.15, 0.2) is 5.69 Å². The van der Waals surface area contributed by atoms with E-state index in [0.717, 1.165) is 6.42 Å². The number of ether oxygens (including phenoxy) is 1. The Morgan fingerprint density at radius 1 is 1.35 bits per heavy atom. The van der Waals surface area contributed by atoms with Gasteiger partial charge in [-0.05, 0) is 30.2 Å². The number of nitrogens with one attached hydrogen (secondary N) is 1. The topological polar surface area (TPSA) is 81.6 Å². The predicted molar refractivity (Wildman–Crippen MR) is 94.1 cm³/mol. The van der Waals surface area contributed by atoms with E-state index in [0.29, 0.717) is 6.54 Å². The van der Waals surface area contributed by atoms with E-state index in [-0.39, 0.29) is 34.0 Å². The first-order valence-corrected chi connectivity index (χ1v) is 8.05. The number of aromatic nitrogens is 2. The maximum Gasteiger partial charge on any atom is 0.273 e. The van der Waals surface area contributed by atoms with Crippen LogP contribution in [0.1, 0.15) is 23.8 Å². The van der Waals surface area contributed by atoms with Crippen molar-refractivity contribution in [2.45, 2.75) is 13.3 Å². The van der Waals surface area contributed by atoms with Gasteiger partial charge in [0.25, 0.3) is 5.91 Å². The summed E-state index contributed by atoms with van der Waals surface area (Å²) in [5, 5.41) is 2.68. The molecule has 0 fully saturated rings. The van der Waals surface area contributed by atoms with E-state index >= 15 is 0 Å². The molecule has 136 valence electrons. The summed E-state index contributed by atoms with van der Waals surface area (Å²) >= 11 is 0. The van der Waals surface area contributed by atoms with Crippen LogP contribution < -0.4 is 15.8 Å². The SMILES string of the molecule is CCCNC(=O)c1nc2c(-c3cc(F)cc(OC)c3)c(F)ccn2c1N. The second-order valence-electron chi connectivity index (χ2n) is 5.71. The third-order valence-corrected chi connectivity index (χ3v) is 3.93. The van der Waals surface area contributed by atoms with Crippen molar-refractivity contribution in [1.29, 1.82) is 0 Å². The molecule has 0 saturated carbocycles. The lowest BCUT2D eigenvalue weighted by atomic mass is 10.1. The Morgan fingerprint density at radius 2 is 2.12 bits per heavy atom. The lowest BCUT2D eigenvalue weighted by Crippen LogP contribution is -2.25. The van der Waals surface area contributed by atoms with Gasteiger partial charge in [-0.1, -0.05) is 6.92 Å². The predicted octanol–water partition coefficient (Wildman–Crippen LogP) is 3.01. The molecule has 0 radical (unpaired) electrons. The fourth-order valence-corrected chi connectivity index (χ4v) is 2.68. The van der Waals surface area contributed by atoms with Crippen LogP contribution in [0.15, 0.2) is 30.5 Å². The highest BCUT2D eigenvalue weighted by molar-refractivity contribution is 5.98. The number of benzene rings is 1. The zero-order valence-electron chi connectivity index (χ0n) is 14.3. The van der Waals surface area contributed by atoms with Gasteiger partial charge in [0.05, 0.1) is 12.7 Å². The summed E-state index contributed by atoms with van der Waals surface area (Å²) in [4.78, 5) is 16.5. The molecule has 3 rings (SSSR count). The van der Waals surface area contributed by atoms with E-state index in [2.05, 4.69) is 10.3 Å². The molecule has 8 heteroatoms. The Hall–Kier alpha value is -3.16.